The van der Waals surface area contributed by atoms with E-state index < -0.39 is 0 Å². The molecule has 3 nitrogen and oxygen atoms in total. The van der Waals surface area contributed by atoms with Gasteiger partial charge in [0.25, 0.3) is 0 Å². The van der Waals surface area contributed by atoms with Crippen LogP contribution in [0.2, 0.25) is 0 Å². The molecule has 0 aliphatic heterocycles. The van der Waals surface area contributed by atoms with Crippen molar-refractivity contribution in [3.05, 3.63) is 0 Å². The van der Waals surface area contributed by atoms with Crippen LogP contribution in [0.1, 0.15) is 111 Å². The van der Waals surface area contributed by atoms with E-state index in [0.29, 0.717) is 12.6 Å². The zero-order valence-corrected chi connectivity index (χ0v) is 16.8. The molecule has 0 aliphatic rings. The average molecular weight is 341 g/mol. The van der Waals surface area contributed by atoms with Gasteiger partial charge in [0.05, 0.1) is 6.54 Å². The van der Waals surface area contributed by atoms with Gasteiger partial charge in [-0.15, -0.1) is 0 Å². The third-order valence-electron chi connectivity index (χ3n) is 4.52. The van der Waals surface area contributed by atoms with E-state index in [1.165, 1.54) is 83.5 Å². The van der Waals surface area contributed by atoms with Gasteiger partial charge in [0.15, 0.2) is 0 Å². The van der Waals surface area contributed by atoms with Crippen LogP contribution in [-0.4, -0.2) is 25.0 Å². The molecule has 0 saturated heterocycles. The molecule has 0 aromatic rings. The molecule has 1 amide bonds. The quantitative estimate of drug-likeness (QED) is 0.320. The predicted molar refractivity (Wildman–Crippen MR) is 106 cm³/mol. The predicted octanol–water partition coefficient (Wildman–Crippen LogP) is 5.58. The van der Waals surface area contributed by atoms with Crippen molar-refractivity contribution in [2.24, 2.45) is 0 Å². The van der Waals surface area contributed by atoms with Crippen LogP contribution in [0.15, 0.2) is 0 Å². The van der Waals surface area contributed by atoms with E-state index in [0.717, 1.165) is 13.0 Å². The number of nitrogens with one attached hydrogen (secondary N) is 2. The maximum Gasteiger partial charge on any atom is 0.233 e. The van der Waals surface area contributed by atoms with Crippen LogP contribution in [0.4, 0.5) is 0 Å². The molecule has 144 valence electrons. The molecule has 0 atom stereocenters. The second-order valence-corrected chi connectivity index (χ2v) is 7.48. The third kappa shape index (κ3) is 19.5. The molecular weight excluding hydrogens is 296 g/mol. The van der Waals surface area contributed by atoms with Crippen molar-refractivity contribution in [3.8, 4) is 0 Å². The molecule has 0 aliphatic carbocycles. The number of carbonyl (C=O) groups excluding carboxylic acids is 1. The molecule has 0 heterocycles. The second kappa shape index (κ2) is 18.8. The molecule has 0 saturated carbocycles. The van der Waals surface area contributed by atoms with Crippen LogP contribution >= 0.6 is 0 Å². The third-order valence-corrected chi connectivity index (χ3v) is 4.52. The topological polar surface area (TPSA) is 41.1 Å². The van der Waals surface area contributed by atoms with Gasteiger partial charge in [-0.2, -0.15) is 0 Å². The maximum absolute atomic E-state index is 11.5. The summed E-state index contributed by atoms with van der Waals surface area (Å²) in [4.78, 5) is 11.5. The van der Waals surface area contributed by atoms with Gasteiger partial charge >= 0.3 is 0 Å². The lowest BCUT2D eigenvalue weighted by atomic mass is 10.0. The van der Waals surface area contributed by atoms with Crippen molar-refractivity contribution in [3.63, 3.8) is 0 Å². The normalized spacial score (nSPS) is 11.2. The minimum absolute atomic E-state index is 0.124. The Kier molecular flexibility index (Phi) is 18.3. The van der Waals surface area contributed by atoms with Crippen LogP contribution in [0.25, 0.3) is 0 Å². The van der Waals surface area contributed by atoms with E-state index in [-0.39, 0.29) is 5.91 Å². The van der Waals surface area contributed by atoms with Gasteiger partial charge in [0.2, 0.25) is 5.91 Å². The highest BCUT2D eigenvalue weighted by atomic mass is 16.1. The Bertz CT molecular complexity index is 267. The number of carbonyl (C=O) groups is 1. The van der Waals surface area contributed by atoms with Gasteiger partial charge in [-0.1, -0.05) is 104 Å². The van der Waals surface area contributed by atoms with Gasteiger partial charge in [0, 0.05) is 12.6 Å². The smallest absolute Gasteiger partial charge is 0.233 e. The van der Waals surface area contributed by atoms with Crippen LogP contribution in [0, 0.1) is 0 Å². The summed E-state index contributed by atoms with van der Waals surface area (Å²) in [6.07, 6.45) is 19.2. The molecular formula is C21H44N2O. The molecule has 0 fully saturated rings. The maximum atomic E-state index is 11.5. The van der Waals surface area contributed by atoms with Gasteiger partial charge < -0.3 is 10.6 Å². The molecule has 0 aromatic carbocycles. The minimum Gasteiger partial charge on any atom is -0.355 e. The van der Waals surface area contributed by atoms with E-state index in [1.807, 2.05) is 0 Å². The first-order valence-corrected chi connectivity index (χ1v) is 10.7. The average Bonchev–Trinajstić information content (AvgIpc) is 2.56. The number of hydrogen-bond donors (Lipinski definition) is 2. The van der Waals surface area contributed by atoms with Crippen molar-refractivity contribution in [2.45, 2.75) is 117 Å². The van der Waals surface area contributed by atoms with Crippen LogP contribution in [0.5, 0.6) is 0 Å². The number of unbranched alkanes of at least 4 members (excludes halogenated alkanes) is 13. The highest BCUT2D eigenvalue weighted by molar-refractivity contribution is 5.77. The van der Waals surface area contributed by atoms with Gasteiger partial charge in [-0.05, 0) is 6.42 Å². The SMILES string of the molecule is CCCCCCCCCCCCCCCCNC(=O)CNC(C)C. The fourth-order valence-electron chi connectivity index (χ4n) is 2.91. The lowest BCUT2D eigenvalue weighted by Crippen LogP contribution is -2.37. The summed E-state index contributed by atoms with van der Waals surface area (Å²) in [5.41, 5.74) is 0. The Labute approximate surface area is 151 Å². The summed E-state index contributed by atoms with van der Waals surface area (Å²) in [5.74, 6) is 0.124. The van der Waals surface area contributed by atoms with Crippen LogP contribution in [0.3, 0.4) is 0 Å². The first-order valence-electron chi connectivity index (χ1n) is 10.7. The van der Waals surface area contributed by atoms with Gasteiger partial charge in [-0.3, -0.25) is 4.79 Å². The number of amides is 1. The lowest BCUT2D eigenvalue weighted by Gasteiger charge is -2.08. The second-order valence-electron chi connectivity index (χ2n) is 7.48. The fourth-order valence-corrected chi connectivity index (χ4v) is 2.91. The Morgan fingerprint density at radius 3 is 1.54 bits per heavy atom. The Morgan fingerprint density at radius 1 is 0.708 bits per heavy atom. The number of rotatable bonds is 18. The summed E-state index contributed by atoms with van der Waals surface area (Å²) in [6.45, 7) is 7.66. The van der Waals surface area contributed by atoms with Crippen molar-refractivity contribution in [2.75, 3.05) is 13.1 Å². The summed E-state index contributed by atoms with van der Waals surface area (Å²) in [7, 11) is 0. The van der Waals surface area contributed by atoms with E-state index in [4.69, 9.17) is 0 Å². The zero-order valence-electron chi connectivity index (χ0n) is 16.8. The highest BCUT2D eigenvalue weighted by Crippen LogP contribution is 2.12. The highest BCUT2D eigenvalue weighted by Gasteiger charge is 2.00. The van der Waals surface area contributed by atoms with Crippen LogP contribution < -0.4 is 10.6 Å². The Hall–Kier alpha value is -0.570. The summed E-state index contributed by atoms with van der Waals surface area (Å²) >= 11 is 0. The fraction of sp³-hybridized carbons (Fsp3) is 0.952. The standard InChI is InChI=1S/C21H44N2O/c1-4-5-6-7-8-9-10-11-12-13-14-15-16-17-18-22-21(24)19-23-20(2)3/h20,23H,4-19H2,1-3H3,(H,22,24). The van der Waals surface area contributed by atoms with Crippen molar-refractivity contribution >= 4 is 5.91 Å². The van der Waals surface area contributed by atoms with E-state index in [2.05, 4.69) is 31.4 Å². The zero-order chi connectivity index (χ0) is 17.9. The summed E-state index contributed by atoms with van der Waals surface area (Å²) in [5, 5.41) is 6.12. The molecule has 0 rings (SSSR count). The molecule has 24 heavy (non-hydrogen) atoms. The van der Waals surface area contributed by atoms with Crippen molar-refractivity contribution in [1.29, 1.82) is 0 Å². The summed E-state index contributed by atoms with van der Waals surface area (Å²) < 4.78 is 0. The van der Waals surface area contributed by atoms with Crippen molar-refractivity contribution < 1.29 is 4.79 Å². The largest absolute Gasteiger partial charge is 0.355 e. The van der Waals surface area contributed by atoms with E-state index >= 15 is 0 Å². The summed E-state index contributed by atoms with van der Waals surface area (Å²) in [6, 6.07) is 0.372. The van der Waals surface area contributed by atoms with Gasteiger partial charge in [0.1, 0.15) is 0 Å². The minimum atomic E-state index is 0.124. The monoisotopic (exact) mass is 340 g/mol. The molecule has 0 spiro atoms. The van der Waals surface area contributed by atoms with E-state index in [1.54, 1.807) is 0 Å². The van der Waals surface area contributed by atoms with Crippen molar-refractivity contribution in [1.82, 2.24) is 10.6 Å². The first kappa shape index (κ1) is 23.4. The molecule has 0 aromatic heterocycles. The van der Waals surface area contributed by atoms with Crippen LogP contribution in [-0.2, 0) is 4.79 Å². The Balaban J connectivity index is 3.08. The van der Waals surface area contributed by atoms with E-state index in [9.17, 15) is 4.79 Å². The molecule has 2 N–H and O–H groups in total. The molecule has 0 unspecified atom stereocenters. The number of hydrogen-bond acceptors (Lipinski definition) is 2. The molecule has 0 bridgehead atoms. The molecule has 3 heteroatoms. The first-order chi connectivity index (χ1) is 11.7. The Morgan fingerprint density at radius 2 is 1.12 bits per heavy atom. The lowest BCUT2D eigenvalue weighted by molar-refractivity contribution is -0.120. The molecule has 0 radical (unpaired) electrons. The van der Waals surface area contributed by atoms with Gasteiger partial charge in [-0.25, -0.2) is 0 Å².